The molecule has 7 nitrogen and oxygen atoms in total. The Bertz CT molecular complexity index is 1280. The summed E-state index contributed by atoms with van der Waals surface area (Å²) in [5.41, 5.74) is 2.66. The van der Waals surface area contributed by atoms with Crippen LogP contribution in [0.2, 0.25) is 0 Å². The van der Waals surface area contributed by atoms with Crippen LogP contribution < -0.4 is 10.1 Å². The summed E-state index contributed by atoms with van der Waals surface area (Å²) in [6.45, 7) is 4.54. The molecule has 0 unspecified atom stereocenters. The van der Waals surface area contributed by atoms with E-state index in [0.29, 0.717) is 17.2 Å². The van der Waals surface area contributed by atoms with Crippen LogP contribution in [0.5, 0.6) is 5.75 Å². The number of carbonyl (C=O) groups excluding carboxylic acids is 1. The van der Waals surface area contributed by atoms with E-state index in [1.54, 1.807) is 12.1 Å². The molecule has 0 spiro atoms. The number of rotatable bonds is 8. The molecule has 1 N–H and O–H groups in total. The van der Waals surface area contributed by atoms with Crippen molar-refractivity contribution in [3.05, 3.63) is 124 Å². The van der Waals surface area contributed by atoms with Crippen LogP contribution in [0.15, 0.2) is 95.4 Å². The molecule has 0 aliphatic rings. The van der Waals surface area contributed by atoms with Gasteiger partial charge in [-0.1, -0.05) is 56.3 Å². The number of furan rings is 1. The highest BCUT2D eigenvalue weighted by Crippen LogP contribution is 2.32. The number of benzene rings is 3. The molecule has 3 aromatic carbocycles. The number of hydrogen-bond acceptors (Lipinski definition) is 5. The van der Waals surface area contributed by atoms with Crippen molar-refractivity contribution in [2.75, 3.05) is 5.32 Å². The Kier molecular flexibility index (Phi) is 6.45. The second-order valence-electron chi connectivity index (χ2n) is 8.33. The number of non-ortho nitro benzene ring substituents is 1. The van der Waals surface area contributed by atoms with Gasteiger partial charge in [0, 0.05) is 23.2 Å². The normalized spacial score (nSPS) is 11.1. The van der Waals surface area contributed by atoms with E-state index < -0.39 is 10.8 Å². The number of hydrogen-bond donors (Lipinski definition) is 1. The summed E-state index contributed by atoms with van der Waals surface area (Å²) in [6, 6.07) is 27.1. The predicted octanol–water partition coefficient (Wildman–Crippen LogP) is 6.35. The Hall–Kier alpha value is -4.39. The third-order valence-electron chi connectivity index (χ3n) is 5.67. The fourth-order valence-corrected chi connectivity index (χ4v) is 3.58. The highest BCUT2D eigenvalue weighted by atomic mass is 16.6. The molecule has 0 atom stereocenters. The minimum absolute atomic E-state index is 0.0490. The van der Waals surface area contributed by atoms with Gasteiger partial charge in [0.1, 0.15) is 18.1 Å². The zero-order valence-electron chi connectivity index (χ0n) is 18.9. The van der Waals surface area contributed by atoms with Crippen LogP contribution in [0, 0.1) is 10.1 Å². The topological polar surface area (TPSA) is 94.6 Å². The lowest BCUT2D eigenvalue weighted by Gasteiger charge is -2.26. The maximum Gasteiger partial charge on any atom is 0.291 e. The largest absolute Gasteiger partial charge is 0.486 e. The van der Waals surface area contributed by atoms with Crippen LogP contribution in [0.1, 0.15) is 41.3 Å². The summed E-state index contributed by atoms with van der Waals surface area (Å²) in [6.07, 6.45) is 0. The molecule has 0 saturated heterocycles. The van der Waals surface area contributed by atoms with Gasteiger partial charge in [-0.15, -0.1) is 0 Å². The molecule has 4 rings (SSSR count). The average Bonchev–Trinajstić information content (AvgIpc) is 3.33. The second-order valence-corrected chi connectivity index (χ2v) is 8.33. The highest BCUT2D eigenvalue weighted by molar-refractivity contribution is 6.02. The van der Waals surface area contributed by atoms with E-state index in [0.717, 1.165) is 0 Å². The number of nitro benzene ring substituents is 1. The van der Waals surface area contributed by atoms with Crippen LogP contribution >= 0.6 is 0 Å². The van der Waals surface area contributed by atoms with Crippen LogP contribution in [0.25, 0.3) is 0 Å². The van der Waals surface area contributed by atoms with Crippen molar-refractivity contribution in [2.24, 2.45) is 0 Å². The minimum Gasteiger partial charge on any atom is -0.486 e. The number of nitro groups is 1. The van der Waals surface area contributed by atoms with Crippen molar-refractivity contribution >= 4 is 17.3 Å². The lowest BCUT2D eigenvalue weighted by Crippen LogP contribution is -2.18. The lowest BCUT2D eigenvalue weighted by molar-refractivity contribution is -0.384. The quantitative estimate of drug-likeness (QED) is 0.246. The van der Waals surface area contributed by atoms with Crippen molar-refractivity contribution in [2.45, 2.75) is 25.9 Å². The second kappa shape index (κ2) is 9.62. The molecule has 1 aromatic heterocycles. The van der Waals surface area contributed by atoms with Crippen molar-refractivity contribution in [3.8, 4) is 5.75 Å². The van der Waals surface area contributed by atoms with Gasteiger partial charge >= 0.3 is 0 Å². The molecule has 1 heterocycles. The first-order valence-corrected chi connectivity index (χ1v) is 10.8. The first kappa shape index (κ1) is 22.8. The molecule has 34 heavy (non-hydrogen) atoms. The molecule has 0 fully saturated rings. The van der Waals surface area contributed by atoms with Gasteiger partial charge in [0.05, 0.1) is 4.92 Å². The number of carbonyl (C=O) groups is 1. The highest BCUT2D eigenvalue weighted by Gasteiger charge is 2.22. The molecular formula is C27H24N2O5. The summed E-state index contributed by atoms with van der Waals surface area (Å²) in [5, 5.41) is 13.4. The smallest absolute Gasteiger partial charge is 0.291 e. The lowest BCUT2D eigenvalue weighted by atomic mass is 9.78. The Morgan fingerprint density at radius 1 is 0.912 bits per heavy atom. The van der Waals surface area contributed by atoms with Crippen molar-refractivity contribution in [3.63, 3.8) is 0 Å². The molecular weight excluding hydrogens is 432 g/mol. The molecule has 4 aromatic rings. The number of anilines is 1. The third kappa shape index (κ3) is 5.15. The van der Waals surface area contributed by atoms with E-state index in [9.17, 15) is 14.9 Å². The molecule has 0 aliphatic heterocycles. The molecule has 0 saturated carbocycles. The van der Waals surface area contributed by atoms with E-state index in [4.69, 9.17) is 9.15 Å². The first-order chi connectivity index (χ1) is 16.3. The molecule has 1 amide bonds. The Balaban J connectivity index is 1.34. The fraction of sp³-hybridized carbons (Fsp3) is 0.148. The van der Waals surface area contributed by atoms with E-state index in [1.165, 1.54) is 35.4 Å². The Morgan fingerprint density at radius 2 is 1.56 bits per heavy atom. The van der Waals surface area contributed by atoms with Gasteiger partial charge in [0.2, 0.25) is 0 Å². The van der Waals surface area contributed by atoms with E-state index >= 15 is 0 Å². The molecule has 0 bridgehead atoms. The third-order valence-corrected chi connectivity index (χ3v) is 5.67. The van der Waals surface area contributed by atoms with Crippen molar-refractivity contribution in [1.29, 1.82) is 0 Å². The predicted molar refractivity (Wildman–Crippen MR) is 129 cm³/mol. The maximum absolute atomic E-state index is 12.4. The van der Waals surface area contributed by atoms with Gasteiger partial charge in [-0.05, 0) is 47.5 Å². The maximum atomic E-state index is 12.4. The van der Waals surface area contributed by atoms with E-state index in [2.05, 4.69) is 31.3 Å². The van der Waals surface area contributed by atoms with Gasteiger partial charge in [0.25, 0.3) is 11.6 Å². The van der Waals surface area contributed by atoms with Gasteiger partial charge in [-0.25, -0.2) is 0 Å². The van der Waals surface area contributed by atoms with Gasteiger partial charge in [-0.2, -0.15) is 0 Å². The van der Waals surface area contributed by atoms with Crippen LogP contribution in [0.3, 0.4) is 0 Å². The number of nitrogens with one attached hydrogen (secondary N) is 1. The van der Waals surface area contributed by atoms with Crippen molar-refractivity contribution < 1.29 is 18.9 Å². The average molecular weight is 456 g/mol. The van der Waals surface area contributed by atoms with Gasteiger partial charge in [-0.3, -0.25) is 14.9 Å². The summed E-state index contributed by atoms with van der Waals surface area (Å²) in [7, 11) is 0. The monoisotopic (exact) mass is 456 g/mol. The molecule has 0 radical (unpaired) electrons. The zero-order valence-corrected chi connectivity index (χ0v) is 18.9. The molecule has 7 heteroatoms. The van der Waals surface area contributed by atoms with Crippen LogP contribution in [-0.2, 0) is 12.0 Å². The van der Waals surface area contributed by atoms with Crippen LogP contribution in [-0.4, -0.2) is 10.8 Å². The SMILES string of the molecule is CC(C)(c1ccccc1)c1ccc(OCc2ccc(C(=O)Nc3ccc([N+](=O)[O-])cc3)o2)cc1. The summed E-state index contributed by atoms with van der Waals surface area (Å²) < 4.78 is 11.4. The van der Waals surface area contributed by atoms with Gasteiger partial charge < -0.3 is 14.5 Å². The van der Waals surface area contributed by atoms with Crippen molar-refractivity contribution in [1.82, 2.24) is 0 Å². The minimum atomic E-state index is -0.498. The van der Waals surface area contributed by atoms with E-state index in [-0.39, 0.29) is 23.5 Å². The van der Waals surface area contributed by atoms with Gasteiger partial charge in [0.15, 0.2) is 5.76 Å². The van der Waals surface area contributed by atoms with Crippen LogP contribution in [0.4, 0.5) is 11.4 Å². The Morgan fingerprint density at radius 3 is 2.21 bits per heavy atom. The summed E-state index contributed by atoms with van der Waals surface area (Å²) >= 11 is 0. The standard InChI is InChI=1S/C27H24N2O5/c1-27(2,19-6-4-3-5-7-19)20-8-14-23(15-9-20)33-18-24-16-17-25(34-24)26(30)28-21-10-12-22(13-11-21)29(31)32/h3-17H,18H2,1-2H3,(H,28,30). The first-order valence-electron chi connectivity index (χ1n) is 10.8. The number of amides is 1. The summed E-state index contributed by atoms with van der Waals surface area (Å²) in [5.74, 6) is 0.868. The fourth-order valence-electron chi connectivity index (χ4n) is 3.58. The number of ether oxygens (including phenoxy) is 1. The van der Waals surface area contributed by atoms with E-state index in [1.807, 2.05) is 42.5 Å². The Labute approximate surface area is 197 Å². The zero-order chi connectivity index (χ0) is 24.1. The number of nitrogens with zero attached hydrogens (tertiary/aromatic N) is 1. The molecule has 172 valence electrons. The molecule has 0 aliphatic carbocycles. The summed E-state index contributed by atoms with van der Waals surface area (Å²) in [4.78, 5) is 22.6.